The number of hydrogen-bond donors (Lipinski definition) is 0. The Morgan fingerprint density at radius 3 is 2.29 bits per heavy atom. The van der Waals surface area contributed by atoms with Crippen molar-refractivity contribution >= 4 is 20.9 Å². The lowest BCUT2D eigenvalue weighted by molar-refractivity contribution is 0.219. The number of nitrogens with zero attached hydrogens (tertiary/aromatic N) is 3. The van der Waals surface area contributed by atoms with Crippen LogP contribution < -0.4 is 9.47 Å². The Morgan fingerprint density at radius 2 is 1.61 bits per heavy atom. The molecule has 0 unspecified atom stereocenters. The molecule has 0 N–H and O–H groups in total. The second-order valence-electron chi connectivity index (χ2n) is 7.92. The summed E-state index contributed by atoms with van der Waals surface area (Å²) in [6.45, 7) is 3.54. The third-order valence-electron chi connectivity index (χ3n) is 5.75. The van der Waals surface area contributed by atoms with E-state index in [1.165, 1.54) is 19.3 Å². The van der Waals surface area contributed by atoms with Crippen molar-refractivity contribution in [2.24, 2.45) is 0 Å². The molecule has 0 aliphatic carbocycles. The number of para-hydroxylation sites is 2. The maximum Gasteiger partial charge on any atom is 0.229 e. The van der Waals surface area contributed by atoms with Gasteiger partial charge >= 0.3 is 0 Å². The predicted octanol–water partition coefficient (Wildman–Crippen LogP) is 3.51. The molecule has 1 fully saturated rings. The van der Waals surface area contributed by atoms with Gasteiger partial charge in [0.25, 0.3) is 0 Å². The molecule has 31 heavy (non-hydrogen) atoms. The van der Waals surface area contributed by atoms with Crippen LogP contribution in [0.5, 0.6) is 11.5 Å². The van der Waals surface area contributed by atoms with Crippen LogP contribution in [-0.4, -0.2) is 56.7 Å². The van der Waals surface area contributed by atoms with E-state index < -0.39 is 9.84 Å². The molecule has 1 aliphatic rings. The summed E-state index contributed by atoms with van der Waals surface area (Å²) in [6, 6.07) is 12.8. The summed E-state index contributed by atoms with van der Waals surface area (Å²) < 4.78 is 39.4. The summed E-state index contributed by atoms with van der Waals surface area (Å²) in [7, 11) is -0.589. The standard InChI is InChI=1S/C23H29N3O4S/c1-29-19-14-18(15-20(16-19)30-2)17-31(27,28)23-24-21-8-4-5-9-22(21)26(23)13-12-25-10-6-3-7-11-25/h4-5,8-9,14-16H,3,6-7,10-13,17H2,1-2H3. The molecule has 0 saturated carbocycles. The molecule has 0 amide bonds. The fourth-order valence-electron chi connectivity index (χ4n) is 4.17. The fourth-order valence-corrected chi connectivity index (χ4v) is 5.66. The topological polar surface area (TPSA) is 73.7 Å². The van der Waals surface area contributed by atoms with Crippen molar-refractivity contribution < 1.29 is 17.9 Å². The highest BCUT2D eigenvalue weighted by molar-refractivity contribution is 7.90. The minimum atomic E-state index is -3.69. The van der Waals surface area contributed by atoms with Gasteiger partial charge in [-0.25, -0.2) is 13.4 Å². The van der Waals surface area contributed by atoms with E-state index in [0.29, 0.717) is 29.1 Å². The van der Waals surface area contributed by atoms with Gasteiger partial charge in [-0.15, -0.1) is 0 Å². The number of rotatable bonds is 8. The zero-order valence-corrected chi connectivity index (χ0v) is 18.9. The number of methoxy groups -OCH3 is 2. The van der Waals surface area contributed by atoms with Gasteiger partial charge in [0.2, 0.25) is 15.0 Å². The lowest BCUT2D eigenvalue weighted by atomic mass is 10.1. The molecule has 0 radical (unpaired) electrons. The number of piperidine rings is 1. The van der Waals surface area contributed by atoms with E-state index in [0.717, 1.165) is 25.2 Å². The van der Waals surface area contributed by atoms with Gasteiger partial charge < -0.3 is 18.9 Å². The number of likely N-dealkylation sites (tertiary alicyclic amines) is 1. The van der Waals surface area contributed by atoms with Crippen molar-refractivity contribution in [1.29, 1.82) is 0 Å². The highest BCUT2D eigenvalue weighted by atomic mass is 32.2. The van der Waals surface area contributed by atoms with E-state index in [9.17, 15) is 8.42 Å². The van der Waals surface area contributed by atoms with Crippen LogP contribution in [0.1, 0.15) is 24.8 Å². The molecule has 166 valence electrons. The molecule has 2 aromatic carbocycles. The first-order valence-electron chi connectivity index (χ1n) is 10.6. The molecule has 7 nitrogen and oxygen atoms in total. The molecule has 0 bridgehead atoms. The van der Waals surface area contributed by atoms with Gasteiger partial charge in [-0.05, 0) is 55.8 Å². The molecular formula is C23H29N3O4S. The third kappa shape index (κ3) is 4.85. The first kappa shape index (κ1) is 21.6. The summed E-state index contributed by atoms with van der Waals surface area (Å²) >= 11 is 0. The first-order valence-corrected chi connectivity index (χ1v) is 12.3. The summed E-state index contributed by atoms with van der Waals surface area (Å²) in [5.41, 5.74) is 2.15. The minimum Gasteiger partial charge on any atom is -0.497 e. The Balaban J connectivity index is 1.67. The molecule has 8 heteroatoms. The number of benzene rings is 2. The molecule has 1 aliphatic heterocycles. The van der Waals surface area contributed by atoms with Crippen LogP contribution in [0.2, 0.25) is 0 Å². The third-order valence-corrected chi connectivity index (χ3v) is 7.34. The van der Waals surface area contributed by atoms with Gasteiger partial charge in [-0.2, -0.15) is 0 Å². The molecule has 0 atom stereocenters. The van der Waals surface area contributed by atoms with Gasteiger partial charge in [0.05, 0.1) is 31.0 Å². The second kappa shape index (κ2) is 9.28. The van der Waals surface area contributed by atoms with Gasteiger partial charge in [-0.1, -0.05) is 18.6 Å². The molecule has 0 spiro atoms. The van der Waals surface area contributed by atoms with E-state index in [2.05, 4.69) is 9.88 Å². The van der Waals surface area contributed by atoms with Gasteiger partial charge in [0.15, 0.2) is 0 Å². The lowest BCUT2D eigenvalue weighted by Gasteiger charge is -2.26. The van der Waals surface area contributed by atoms with Crippen molar-refractivity contribution in [1.82, 2.24) is 14.5 Å². The zero-order valence-electron chi connectivity index (χ0n) is 18.1. The van der Waals surface area contributed by atoms with Gasteiger partial charge in [0.1, 0.15) is 11.5 Å². The number of hydrogen-bond acceptors (Lipinski definition) is 6. The lowest BCUT2D eigenvalue weighted by Crippen LogP contribution is -2.33. The van der Waals surface area contributed by atoms with Gasteiger partial charge in [0, 0.05) is 19.2 Å². The number of fused-ring (bicyclic) bond motifs is 1. The number of ether oxygens (including phenoxy) is 2. The average molecular weight is 444 g/mol. The predicted molar refractivity (Wildman–Crippen MR) is 120 cm³/mol. The fraction of sp³-hybridized carbons (Fsp3) is 0.435. The zero-order chi connectivity index (χ0) is 21.8. The quantitative estimate of drug-likeness (QED) is 0.530. The smallest absolute Gasteiger partial charge is 0.229 e. The Kier molecular flexibility index (Phi) is 6.48. The molecule has 1 aromatic heterocycles. The molecular weight excluding hydrogens is 414 g/mol. The molecule has 3 aromatic rings. The van der Waals surface area contributed by atoms with Crippen LogP contribution in [0.4, 0.5) is 0 Å². The number of sulfone groups is 1. The Morgan fingerprint density at radius 1 is 0.935 bits per heavy atom. The van der Waals surface area contributed by atoms with Crippen LogP contribution >= 0.6 is 0 Å². The van der Waals surface area contributed by atoms with E-state index in [-0.39, 0.29) is 10.9 Å². The van der Waals surface area contributed by atoms with E-state index in [1.807, 2.05) is 28.8 Å². The van der Waals surface area contributed by atoms with Crippen molar-refractivity contribution in [2.45, 2.75) is 36.7 Å². The van der Waals surface area contributed by atoms with Crippen LogP contribution in [-0.2, 0) is 22.1 Å². The average Bonchev–Trinajstić information content (AvgIpc) is 3.17. The number of aromatic nitrogens is 2. The SMILES string of the molecule is COc1cc(CS(=O)(=O)c2nc3ccccc3n2CCN2CCCCC2)cc(OC)c1. The summed E-state index contributed by atoms with van der Waals surface area (Å²) in [5, 5.41) is 0.118. The molecule has 2 heterocycles. The maximum atomic E-state index is 13.5. The summed E-state index contributed by atoms with van der Waals surface area (Å²) in [6.07, 6.45) is 3.68. The second-order valence-corrected chi connectivity index (χ2v) is 9.80. The van der Waals surface area contributed by atoms with Crippen LogP contribution in [0, 0.1) is 0 Å². The minimum absolute atomic E-state index is 0.118. The van der Waals surface area contributed by atoms with Crippen LogP contribution in [0.25, 0.3) is 11.0 Å². The highest BCUT2D eigenvalue weighted by Gasteiger charge is 2.25. The molecule has 1 saturated heterocycles. The monoisotopic (exact) mass is 443 g/mol. The van der Waals surface area contributed by atoms with Crippen molar-refractivity contribution in [3.63, 3.8) is 0 Å². The summed E-state index contributed by atoms with van der Waals surface area (Å²) in [4.78, 5) is 6.93. The van der Waals surface area contributed by atoms with E-state index in [4.69, 9.17) is 9.47 Å². The van der Waals surface area contributed by atoms with Crippen molar-refractivity contribution in [2.75, 3.05) is 33.9 Å². The largest absolute Gasteiger partial charge is 0.497 e. The van der Waals surface area contributed by atoms with Crippen LogP contribution in [0.3, 0.4) is 0 Å². The maximum absolute atomic E-state index is 13.5. The van der Waals surface area contributed by atoms with Gasteiger partial charge in [-0.3, -0.25) is 0 Å². The van der Waals surface area contributed by atoms with Crippen molar-refractivity contribution in [3.8, 4) is 11.5 Å². The van der Waals surface area contributed by atoms with Crippen LogP contribution in [0.15, 0.2) is 47.6 Å². The Labute approximate surface area is 183 Å². The first-order chi connectivity index (χ1) is 15.0. The molecule has 4 rings (SSSR count). The Bertz CT molecular complexity index is 1130. The normalized spacial score (nSPS) is 15.3. The van der Waals surface area contributed by atoms with Crippen molar-refractivity contribution in [3.05, 3.63) is 48.0 Å². The number of imidazole rings is 1. The van der Waals surface area contributed by atoms with E-state index in [1.54, 1.807) is 32.4 Å². The Hall–Kier alpha value is -2.58. The van der Waals surface area contributed by atoms with E-state index >= 15 is 0 Å². The highest BCUT2D eigenvalue weighted by Crippen LogP contribution is 2.27. The summed E-state index contributed by atoms with van der Waals surface area (Å²) in [5.74, 6) is 0.944.